The zero-order valence-corrected chi connectivity index (χ0v) is 21.3. The highest BCUT2D eigenvalue weighted by Crippen LogP contribution is 2.39. The van der Waals surface area contributed by atoms with Gasteiger partial charge < -0.3 is 28.8 Å². The number of carbonyl (C=O) groups is 2. The summed E-state index contributed by atoms with van der Waals surface area (Å²) in [4.78, 5) is 25.1. The second-order valence-corrected chi connectivity index (χ2v) is 9.11. The number of benzene rings is 1. The number of fused-ring (bicyclic) bond motifs is 1. The molecule has 8 heteroatoms. The van der Waals surface area contributed by atoms with Crippen LogP contribution in [0.2, 0.25) is 0 Å². The van der Waals surface area contributed by atoms with Crippen molar-refractivity contribution in [1.82, 2.24) is 0 Å². The zero-order valence-electron chi connectivity index (χ0n) is 21.3. The van der Waals surface area contributed by atoms with Crippen LogP contribution in [0.1, 0.15) is 44.6 Å². The van der Waals surface area contributed by atoms with Gasteiger partial charge in [0.2, 0.25) is 5.75 Å². The number of cyclic esters (lactones) is 1. The third-order valence-electron chi connectivity index (χ3n) is 6.52. The fraction of sp³-hybridized carbons (Fsp3) is 0.500. The van der Waals surface area contributed by atoms with Gasteiger partial charge in [-0.05, 0) is 74.8 Å². The van der Waals surface area contributed by atoms with E-state index < -0.39 is 24.1 Å². The Kier molecular flexibility index (Phi) is 9.99. The van der Waals surface area contributed by atoms with Crippen molar-refractivity contribution in [1.29, 1.82) is 0 Å². The first-order valence-electron chi connectivity index (χ1n) is 12.3. The number of allylic oxidation sites excluding steroid dienone is 2. The molecule has 0 amide bonds. The average Bonchev–Trinajstić information content (AvgIpc) is 3.23. The molecule has 8 nitrogen and oxygen atoms in total. The van der Waals surface area contributed by atoms with Crippen LogP contribution >= 0.6 is 0 Å². The molecule has 1 fully saturated rings. The first kappa shape index (κ1) is 27.3. The van der Waals surface area contributed by atoms with Gasteiger partial charge in [-0.15, -0.1) is 0 Å². The first-order chi connectivity index (χ1) is 17.3. The molecule has 0 aromatic heterocycles. The molecule has 0 saturated heterocycles. The van der Waals surface area contributed by atoms with E-state index in [1.165, 1.54) is 33.5 Å². The SMILES string of the molecule is COc1cc(/C=C/C(=O)O[C@@H]2/C=C/C(=O)O[C@@H](C)CCC/C=C/[C@@H]3C[C@H](O)C[C@H]32)cc(OC)c1OC. The van der Waals surface area contributed by atoms with Crippen LogP contribution in [-0.2, 0) is 19.1 Å². The van der Waals surface area contributed by atoms with Gasteiger partial charge in [-0.25, -0.2) is 9.59 Å². The molecular weight excluding hydrogens is 464 g/mol. The van der Waals surface area contributed by atoms with Crippen molar-refractivity contribution in [3.8, 4) is 17.2 Å². The lowest BCUT2D eigenvalue weighted by atomic mass is 9.89. The highest BCUT2D eigenvalue weighted by molar-refractivity contribution is 5.88. The molecule has 1 aromatic rings. The first-order valence-corrected chi connectivity index (χ1v) is 12.3. The topological polar surface area (TPSA) is 101 Å². The summed E-state index contributed by atoms with van der Waals surface area (Å²) in [5, 5.41) is 10.3. The number of aliphatic hydroxyl groups is 1. The molecule has 1 heterocycles. The van der Waals surface area contributed by atoms with E-state index in [-0.39, 0.29) is 17.9 Å². The van der Waals surface area contributed by atoms with E-state index in [0.29, 0.717) is 35.7 Å². The number of hydrogen-bond donors (Lipinski definition) is 1. The van der Waals surface area contributed by atoms with E-state index in [2.05, 4.69) is 12.2 Å². The van der Waals surface area contributed by atoms with Gasteiger partial charge in [0.25, 0.3) is 0 Å². The average molecular weight is 501 g/mol. The van der Waals surface area contributed by atoms with Crippen LogP contribution < -0.4 is 14.2 Å². The van der Waals surface area contributed by atoms with Gasteiger partial charge in [0.1, 0.15) is 6.10 Å². The number of aliphatic hydroxyl groups excluding tert-OH is 1. The second kappa shape index (κ2) is 13.2. The zero-order chi connectivity index (χ0) is 26.1. The Hall–Kier alpha value is -3.26. The molecule has 196 valence electrons. The third-order valence-corrected chi connectivity index (χ3v) is 6.52. The van der Waals surface area contributed by atoms with Crippen molar-refractivity contribution in [2.75, 3.05) is 21.3 Å². The minimum absolute atomic E-state index is 0.0377. The number of hydrogen-bond acceptors (Lipinski definition) is 8. The van der Waals surface area contributed by atoms with E-state index in [0.717, 1.165) is 19.3 Å². The summed E-state index contributed by atoms with van der Waals surface area (Å²) in [5.74, 6) is 0.213. The van der Waals surface area contributed by atoms with E-state index in [4.69, 9.17) is 23.7 Å². The van der Waals surface area contributed by atoms with Gasteiger partial charge in [-0.2, -0.15) is 0 Å². The molecule has 0 unspecified atom stereocenters. The molecular formula is C28H36O8. The highest BCUT2D eigenvalue weighted by Gasteiger charge is 2.38. The predicted octanol–water partition coefficient (Wildman–Crippen LogP) is 4.25. The van der Waals surface area contributed by atoms with Crippen LogP contribution in [0.25, 0.3) is 6.08 Å². The Morgan fingerprint density at radius 3 is 2.47 bits per heavy atom. The van der Waals surface area contributed by atoms with Gasteiger partial charge in [-0.1, -0.05) is 12.2 Å². The summed E-state index contributed by atoms with van der Waals surface area (Å²) in [6.07, 6.45) is 12.2. The Morgan fingerprint density at radius 1 is 1.08 bits per heavy atom. The Morgan fingerprint density at radius 2 is 1.81 bits per heavy atom. The van der Waals surface area contributed by atoms with E-state index in [9.17, 15) is 14.7 Å². The monoisotopic (exact) mass is 500 g/mol. The van der Waals surface area contributed by atoms with Crippen LogP contribution in [0.5, 0.6) is 17.2 Å². The molecule has 3 rings (SSSR count). The smallest absolute Gasteiger partial charge is 0.331 e. The van der Waals surface area contributed by atoms with Gasteiger partial charge in [0.05, 0.1) is 33.5 Å². The summed E-state index contributed by atoms with van der Waals surface area (Å²) in [7, 11) is 4.55. The van der Waals surface area contributed by atoms with E-state index in [1.807, 2.05) is 6.92 Å². The molecule has 1 aliphatic carbocycles. The molecule has 1 N–H and O–H groups in total. The number of ether oxygens (including phenoxy) is 5. The summed E-state index contributed by atoms with van der Waals surface area (Å²) < 4.78 is 27.3. The minimum Gasteiger partial charge on any atom is -0.493 e. The van der Waals surface area contributed by atoms with E-state index >= 15 is 0 Å². The third kappa shape index (κ3) is 7.37. The maximum atomic E-state index is 12.8. The number of methoxy groups -OCH3 is 3. The summed E-state index contributed by atoms with van der Waals surface area (Å²) in [6, 6.07) is 3.44. The molecule has 2 aliphatic rings. The van der Waals surface area contributed by atoms with Gasteiger partial charge in [-0.3, -0.25) is 0 Å². The van der Waals surface area contributed by atoms with Crippen molar-refractivity contribution < 1.29 is 38.4 Å². The molecule has 0 radical (unpaired) electrons. The Bertz CT molecular complexity index is 970. The van der Waals surface area contributed by atoms with Crippen molar-refractivity contribution in [3.63, 3.8) is 0 Å². The quantitative estimate of drug-likeness (QED) is 0.352. The van der Waals surface area contributed by atoms with Crippen molar-refractivity contribution in [2.24, 2.45) is 11.8 Å². The van der Waals surface area contributed by atoms with Crippen LogP contribution in [-0.4, -0.2) is 56.7 Å². The van der Waals surface area contributed by atoms with Crippen molar-refractivity contribution in [2.45, 2.75) is 57.3 Å². The maximum Gasteiger partial charge on any atom is 0.331 e. The van der Waals surface area contributed by atoms with Crippen molar-refractivity contribution >= 4 is 18.0 Å². The molecule has 36 heavy (non-hydrogen) atoms. The Balaban J connectivity index is 1.81. The summed E-state index contributed by atoms with van der Waals surface area (Å²) in [5.41, 5.74) is 0.654. The fourth-order valence-corrected chi connectivity index (χ4v) is 4.74. The molecule has 1 aliphatic heterocycles. The number of esters is 2. The van der Waals surface area contributed by atoms with Crippen LogP contribution in [0.15, 0.2) is 42.5 Å². The van der Waals surface area contributed by atoms with Gasteiger partial charge in [0.15, 0.2) is 11.5 Å². The standard InChI is InChI=1S/C28H36O8/c1-18-8-6-5-7-9-20-16-21(29)17-22(20)23(11-13-26(30)35-18)36-27(31)12-10-19-14-24(32-2)28(34-4)25(15-19)33-3/h7,9-15,18,20-23,29H,5-6,8,16-17H2,1-4H3/b9-7+,12-10+,13-11+/t18-,20+,21-,22+,23+/m0/s1. The number of carbonyl (C=O) groups excluding carboxylic acids is 2. The lowest BCUT2D eigenvalue weighted by molar-refractivity contribution is -0.145. The van der Waals surface area contributed by atoms with Crippen LogP contribution in [0, 0.1) is 11.8 Å². The second-order valence-electron chi connectivity index (χ2n) is 9.11. The lowest BCUT2D eigenvalue weighted by Crippen LogP contribution is -2.27. The minimum atomic E-state index is -0.697. The molecule has 1 aromatic carbocycles. The fourth-order valence-electron chi connectivity index (χ4n) is 4.74. The maximum absolute atomic E-state index is 12.8. The van der Waals surface area contributed by atoms with Gasteiger partial charge >= 0.3 is 11.9 Å². The Labute approximate surface area is 212 Å². The van der Waals surface area contributed by atoms with E-state index in [1.54, 1.807) is 24.3 Å². The lowest BCUT2D eigenvalue weighted by Gasteiger charge is -2.24. The summed E-state index contributed by atoms with van der Waals surface area (Å²) >= 11 is 0. The van der Waals surface area contributed by atoms with Crippen molar-refractivity contribution in [3.05, 3.63) is 48.1 Å². The highest BCUT2D eigenvalue weighted by atomic mass is 16.6. The molecule has 5 atom stereocenters. The van der Waals surface area contributed by atoms with Gasteiger partial charge in [0, 0.05) is 18.1 Å². The molecule has 0 spiro atoms. The predicted molar refractivity (Wildman–Crippen MR) is 135 cm³/mol. The number of rotatable bonds is 6. The van der Waals surface area contributed by atoms with Crippen LogP contribution in [0.3, 0.4) is 0 Å². The largest absolute Gasteiger partial charge is 0.493 e. The summed E-state index contributed by atoms with van der Waals surface area (Å²) in [6.45, 7) is 1.87. The van der Waals surface area contributed by atoms with Crippen LogP contribution in [0.4, 0.5) is 0 Å². The normalized spacial score (nSPS) is 28.6. The molecule has 0 bridgehead atoms. The molecule has 1 saturated carbocycles.